The summed E-state index contributed by atoms with van der Waals surface area (Å²) < 4.78 is 0. The normalized spacial score (nSPS) is 12.8. The van der Waals surface area contributed by atoms with Crippen LogP contribution >= 0.6 is 0 Å². The Morgan fingerprint density at radius 1 is 0.250 bits per heavy atom. The van der Waals surface area contributed by atoms with Gasteiger partial charge >= 0.3 is 0 Å². The maximum absolute atomic E-state index is 2.48. The van der Waals surface area contributed by atoms with Gasteiger partial charge < -0.3 is 9.80 Å². The van der Waals surface area contributed by atoms with Gasteiger partial charge in [-0.2, -0.15) is 0 Å². The van der Waals surface area contributed by atoms with E-state index in [1.165, 1.54) is 121 Å². The van der Waals surface area contributed by atoms with E-state index in [0.29, 0.717) is 0 Å². The van der Waals surface area contributed by atoms with Crippen molar-refractivity contribution in [3.63, 3.8) is 0 Å². The molecule has 0 bridgehead atoms. The summed E-state index contributed by atoms with van der Waals surface area (Å²) in [5.74, 6) is 0. The van der Waals surface area contributed by atoms with Gasteiger partial charge in [0, 0.05) is 47.0 Å². The van der Waals surface area contributed by atoms with Gasteiger partial charge in [-0.15, -0.1) is 0 Å². The number of para-hydroxylation sites is 4. The highest BCUT2D eigenvalue weighted by atomic mass is 15.2. The fourth-order valence-corrected chi connectivity index (χ4v) is 11.6. The molecule has 0 fully saturated rings. The molecule has 0 atom stereocenters. The topological polar surface area (TPSA) is 6.48 Å². The van der Waals surface area contributed by atoms with Crippen molar-refractivity contribution in [2.24, 2.45) is 0 Å². The molecular weight excluding hydrogens is 821 g/mol. The summed E-state index contributed by atoms with van der Waals surface area (Å²) in [7, 11) is 0. The third-order valence-electron chi connectivity index (χ3n) is 14.6. The second-order valence-corrected chi connectivity index (χ2v) is 18.4. The number of rotatable bonds is 5. The molecule has 0 spiro atoms. The van der Waals surface area contributed by atoms with Crippen molar-refractivity contribution >= 4 is 77.2 Å². The van der Waals surface area contributed by atoms with Gasteiger partial charge in [-0.25, -0.2) is 0 Å². The van der Waals surface area contributed by atoms with E-state index >= 15 is 0 Å². The zero-order chi connectivity index (χ0) is 44.7. The summed E-state index contributed by atoms with van der Waals surface area (Å²) in [6.07, 6.45) is 1.82. The molecule has 2 nitrogen and oxygen atoms in total. The minimum atomic E-state index is 0.912. The molecule has 12 aromatic rings. The summed E-state index contributed by atoms with van der Waals surface area (Å²) in [4.78, 5) is 4.97. The van der Waals surface area contributed by atoms with Crippen LogP contribution in [0, 0.1) is 0 Å². The van der Waals surface area contributed by atoms with Gasteiger partial charge in [-0.3, -0.25) is 0 Å². The van der Waals surface area contributed by atoms with Crippen LogP contribution in [0.15, 0.2) is 243 Å². The van der Waals surface area contributed by atoms with Crippen LogP contribution < -0.4 is 9.80 Å². The summed E-state index contributed by atoms with van der Waals surface area (Å²) in [6.45, 7) is 0. The first kappa shape index (κ1) is 38.5. The minimum Gasteiger partial charge on any atom is -0.310 e. The van der Waals surface area contributed by atoms with Crippen molar-refractivity contribution in [3.8, 4) is 33.4 Å². The average molecular weight is 865 g/mol. The van der Waals surface area contributed by atoms with Crippen molar-refractivity contribution in [3.05, 3.63) is 265 Å². The summed E-state index contributed by atoms with van der Waals surface area (Å²) in [5.41, 5.74) is 19.9. The van der Waals surface area contributed by atoms with Gasteiger partial charge in [0.05, 0.1) is 0 Å². The molecule has 0 aliphatic carbocycles. The molecule has 2 aliphatic heterocycles. The van der Waals surface area contributed by atoms with E-state index in [9.17, 15) is 0 Å². The Hall–Kier alpha value is -8.72. The lowest BCUT2D eigenvalue weighted by Gasteiger charge is -2.34. The monoisotopic (exact) mass is 864 g/mol. The summed E-state index contributed by atoms with van der Waals surface area (Å²) in [6, 6.07) is 90.5. The van der Waals surface area contributed by atoms with Gasteiger partial charge in [-0.1, -0.05) is 194 Å². The smallest absolute Gasteiger partial charge is 0.0497 e. The quantitative estimate of drug-likeness (QED) is 0.159. The molecule has 0 saturated heterocycles. The van der Waals surface area contributed by atoms with Crippen LogP contribution in [0.4, 0.5) is 34.1 Å². The molecule has 2 heterocycles. The highest BCUT2D eigenvalue weighted by Crippen LogP contribution is 2.52. The van der Waals surface area contributed by atoms with Crippen LogP contribution in [-0.2, 0) is 12.8 Å². The Balaban J connectivity index is 1.08. The van der Waals surface area contributed by atoms with Crippen molar-refractivity contribution in [1.29, 1.82) is 0 Å². The Morgan fingerprint density at radius 2 is 0.632 bits per heavy atom. The standard InChI is InChI=1S/C66H44N2/c1-7-23-53-43(15-1)21-13-25-54(53)45-31-33-46(34-32-45)65-57-37-35-52(68-63-29-11-5-19-49(63)40-50-20-6-12-30-64(50)68)42-60(57)66(56-26-14-22-44-16-2-8-24-55(44)56)58-38-36-51(41-59(58)65)67-61-27-9-3-17-47(61)39-48-18-4-10-28-62(48)67/h1-38,41-42H,39-40H2. The highest BCUT2D eigenvalue weighted by Gasteiger charge is 2.28. The minimum absolute atomic E-state index is 0.912. The molecule has 0 N–H and O–H groups in total. The second kappa shape index (κ2) is 15.4. The van der Waals surface area contributed by atoms with Gasteiger partial charge in [0.25, 0.3) is 0 Å². The molecule has 2 heteroatoms. The van der Waals surface area contributed by atoms with E-state index in [0.717, 1.165) is 24.2 Å². The van der Waals surface area contributed by atoms with Crippen molar-refractivity contribution < 1.29 is 0 Å². The van der Waals surface area contributed by atoms with Crippen LogP contribution in [-0.4, -0.2) is 0 Å². The van der Waals surface area contributed by atoms with Gasteiger partial charge in [-0.05, 0) is 147 Å². The molecule has 14 rings (SSSR count). The van der Waals surface area contributed by atoms with Crippen LogP contribution in [0.25, 0.3) is 76.5 Å². The zero-order valence-electron chi connectivity index (χ0n) is 37.4. The van der Waals surface area contributed by atoms with E-state index in [1.807, 2.05) is 0 Å². The summed E-state index contributed by atoms with van der Waals surface area (Å²) >= 11 is 0. The maximum Gasteiger partial charge on any atom is 0.0497 e. The summed E-state index contributed by atoms with van der Waals surface area (Å²) in [5, 5.41) is 9.87. The number of nitrogens with zero attached hydrogens (tertiary/aromatic N) is 2. The molecule has 68 heavy (non-hydrogen) atoms. The van der Waals surface area contributed by atoms with E-state index in [4.69, 9.17) is 0 Å². The van der Waals surface area contributed by atoms with Crippen molar-refractivity contribution in [2.45, 2.75) is 12.8 Å². The lowest BCUT2D eigenvalue weighted by atomic mass is 9.83. The van der Waals surface area contributed by atoms with Gasteiger partial charge in [0.2, 0.25) is 0 Å². The lowest BCUT2D eigenvalue weighted by Crippen LogP contribution is -2.18. The largest absolute Gasteiger partial charge is 0.310 e. The number of anilines is 6. The fraction of sp³-hybridized carbons (Fsp3) is 0.0303. The molecule has 0 amide bonds. The number of fused-ring (bicyclic) bond motifs is 8. The fourth-order valence-electron chi connectivity index (χ4n) is 11.6. The average Bonchev–Trinajstić information content (AvgIpc) is 3.40. The lowest BCUT2D eigenvalue weighted by molar-refractivity contribution is 1.09. The Bertz CT molecular complexity index is 3890. The Kier molecular flexibility index (Phi) is 8.75. The molecule has 318 valence electrons. The molecule has 0 aromatic heterocycles. The molecule has 0 saturated carbocycles. The van der Waals surface area contributed by atoms with E-state index < -0.39 is 0 Å². The van der Waals surface area contributed by atoms with Crippen LogP contribution in [0.1, 0.15) is 22.3 Å². The molecule has 0 radical (unpaired) electrons. The first-order chi connectivity index (χ1) is 33.7. The first-order valence-corrected chi connectivity index (χ1v) is 23.8. The predicted octanol–water partition coefficient (Wildman–Crippen LogP) is 18.0. The van der Waals surface area contributed by atoms with Gasteiger partial charge in [0.1, 0.15) is 0 Å². The molecule has 0 unspecified atom stereocenters. The molecule has 12 aromatic carbocycles. The van der Waals surface area contributed by atoms with Crippen LogP contribution in [0.5, 0.6) is 0 Å². The third kappa shape index (κ3) is 6.04. The van der Waals surface area contributed by atoms with Crippen molar-refractivity contribution in [2.75, 3.05) is 9.80 Å². The number of hydrogen-bond donors (Lipinski definition) is 0. The Morgan fingerprint density at radius 3 is 1.15 bits per heavy atom. The maximum atomic E-state index is 2.48. The van der Waals surface area contributed by atoms with Crippen LogP contribution in [0.3, 0.4) is 0 Å². The number of hydrogen-bond acceptors (Lipinski definition) is 2. The van der Waals surface area contributed by atoms with E-state index in [2.05, 4.69) is 252 Å². The zero-order valence-corrected chi connectivity index (χ0v) is 37.4. The van der Waals surface area contributed by atoms with Crippen molar-refractivity contribution in [1.82, 2.24) is 0 Å². The molecule has 2 aliphatic rings. The third-order valence-corrected chi connectivity index (χ3v) is 14.6. The van der Waals surface area contributed by atoms with E-state index in [-0.39, 0.29) is 0 Å². The Labute approximate surface area is 396 Å². The molecular formula is C66H44N2. The second-order valence-electron chi connectivity index (χ2n) is 18.4. The SMILES string of the molecule is c1ccc2c(c1)Cc1ccccc1N2c1ccc2c(-c3cccc4ccccc34)c3cc(N4c5ccccc5Cc5ccccc54)ccc3c(-c3ccc(-c4cccc5ccccc45)cc3)c2c1. The van der Waals surface area contributed by atoms with E-state index in [1.54, 1.807) is 0 Å². The van der Waals surface area contributed by atoms with Gasteiger partial charge in [0.15, 0.2) is 0 Å². The highest BCUT2D eigenvalue weighted by molar-refractivity contribution is 6.25. The predicted molar refractivity (Wildman–Crippen MR) is 288 cm³/mol. The first-order valence-electron chi connectivity index (χ1n) is 23.8. The van der Waals surface area contributed by atoms with Crippen LogP contribution in [0.2, 0.25) is 0 Å². The number of benzene rings is 12.